The summed E-state index contributed by atoms with van der Waals surface area (Å²) in [4.78, 5) is 0. The first-order valence-electron chi connectivity index (χ1n) is 6.11. The molecule has 5 heteroatoms. The Morgan fingerprint density at radius 2 is 1.69 bits per heavy atom. The zero-order valence-electron chi connectivity index (χ0n) is 11.1. The molecule has 0 aromatic rings. The molecule has 0 fully saturated rings. The van der Waals surface area contributed by atoms with Crippen molar-refractivity contribution in [2.45, 2.75) is 64.3 Å². The molecule has 0 saturated carbocycles. The molecule has 0 aliphatic carbocycles. The van der Waals surface area contributed by atoms with E-state index in [-0.39, 0.29) is 5.04 Å². The van der Waals surface area contributed by atoms with Crippen LogP contribution in [-0.4, -0.2) is 24.4 Å². The predicted molar refractivity (Wildman–Crippen MR) is 71.9 cm³/mol. The minimum absolute atomic E-state index is 0.0926. The highest BCUT2D eigenvalue weighted by Gasteiger charge is 2.21. The maximum absolute atomic E-state index is 10.9. The molecule has 0 saturated heterocycles. The third kappa shape index (κ3) is 10.6. The highest BCUT2D eigenvalue weighted by molar-refractivity contribution is 7.86. The van der Waals surface area contributed by atoms with Crippen LogP contribution in [0.25, 0.3) is 0 Å². The molecule has 0 aliphatic heterocycles. The molecule has 98 valence electrons. The first-order valence-corrected chi connectivity index (χ1v) is 9.21. The summed E-state index contributed by atoms with van der Waals surface area (Å²) in [5.41, 5.74) is 0. The van der Waals surface area contributed by atoms with Crippen LogP contribution in [0, 0.1) is 0 Å². The smallest absolute Gasteiger partial charge is 0.254 e. The average Bonchev–Trinajstić information content (AvgIpc) is 2.14. The molecule has 0 amide bonds. The molecular weight excluding hydrogens is 240 g/mol. The summed E-state index contributed by atoms with van der Waals surface area (Å²) in [5, 5.41) is 0.0926. The summed E-state index contributed by atoms with van der Waals surface area (Å²) >= 11 is 0. The highest BCUT2D eigenvalue weighted by Crippen LogP contribution is 2.30. The van der Waals surface area contributed by atoms with Gasteiger partial charge in [0.05, 0.1) is 6.26 Å². The highest BCUT2D eigenvalue weighted by atomic mass is 32.2. The molecule has 0 unspecified atom stereocenters. The average molecular weight is 266 g/mol. The van der Waals surface area contributed by atoms with E-state index < -0.39 is 19.9 Å². The van der Waals surface area contributed by atoms with E-state index in [0.717, 1.165) is 12.7 Å². The van der Waals surface area contributed by atoms with Gasteiger partial charge in [0.2, 0.25) is 0 Å². The molecule has 0 N–H and O–H groups in total. The second-order valence-electron chi connectivity index (χ2n) is 5.29. The van der Waals surface area contributed by atoms with E-state index in [1.807, 2.05) is 0 Å². The van der Waals surface area contributed by atoms with Gasteiger partial charge in [-0.2, -0.15) is 0 Å². The second kappa shape index (κ2) is 7.45. The summed E-state index contributed by atoms with van der Waals surface area (Å²) in [6, 6.07) is 0. The topological polar surface area (TPSA) is 43.4 Å². The number of rotatable bonds is 9. The van der Waals surface area contributed by atoms with E-state index in [1.54, 1.807) is 0 Å². The minimum atomic E-state index is -3.23. The Labute approximate surface area is 103 Å². The van der Waals surface area contributed by atoms with Crippen LogP contribution >= 0.6 is 0 Å². The number of hydrogen-bond donors (Lipinski definition) is 0. The fourth-order valence-corrected chi connectivity index (χ4v) is 4.07. The molecule has 0 rings (SSSR count). The van der Waals surface area contributed by atoms with Gasteiger partial charge in [-0.05, 0) is 11.5 Å². The minimum Gasteiger partial charge on any atom is -0.322 e. The van der Waals surface area contributed by atoms with Gasteiger partial charge in [0.1, 0.15) is 0 Å². The summed E-state index contributed by atoms with van der Waals surface area (Å²) in [6.45, 7) is 6.44. The van der Waals surface area contributed by atoms with Crippen molar-refractivity contribution >= 4 is 19.9 Å². The van der Waals surface area contributed by atoms with Crippen LogP contribution < -0.4 is 0 Å². The summed E-state index contributed by atoms with van der Waals surface area (Å²) < 4.78 is 26.8. The van der Waals surface area contributed by atoms with E-state index in [0.29, 0.717) is 0 Å². The van der Waals surface area contributed by atoms with Crippen molar-refractivity contribution in [3.8, 4) is 0 Å². The van der Waals surface area contributed by atoms with Crippen LogP contribution in [0.5, 0.6) is 0 Å². The quantitative estimate of drug-likeness (QED) is 0.476. The summed E-state index contributed by atoms with van der Waals surface area (Å²) in [7, 11) is -4.23. The SMILES string of the molecule is CCCCCCCC(C)(C)[SiH2]OS(C)(=O)=O. The molecule has 3 nitrogen and oxygen atoms in total. The molecule has 0 aromatic heterocycles. The second-order valence-corrected chi connectivity index (χ2v) is 9.85. The number of unbranched alkanes of at least 4 members (excludes halogenated alkanes) is 4. The van der Waals surface area contributed by atoms with Crippen molar-refractivity contribution in [1.82, 2.24) is 0 Å². The van der Waals surface area contributed by atoms with E-state index in [4.69, 9.17) is 3.87 Å². The van der Waals surface area contributed by atoms with Gasteiger partial charge in [-0.15, -0.1) is 0 Å². The maximum Gasteiger partial charge on any atom is 0.254 e. The van der Waals surface area contributed by atoms with Gasteiger partial charge in [0.25, 0.3) is 10.1 Å². The van der Waals surface area contributed by atoms with E-state index >= 15 is 0 Å². The zero-order chi connectivity index (χ0) is 12.7. The summed E-state index contributed by atoms with van der Waals surface area (Å²) in [6.07, 6.45) is 8.52. The first kappa shape index (κ1) is 16.1. The lowest BCUT2D eigenvalue weighted by molar-refractivity contribution is 0.462. The molecule has 0 aromatic carbocycles. The Balaban J connectivity index is 3.70. The Morgan fingerprint density at radius 1 is 1.12 bits per heavy atom. The van der Waals surface area contributed by atoms with Crippen LogP contribution in [0.2, 0.25) is 5.04 Å². The van der Waals surface area contributed by atoms with Crippen molar-refractivity contribution in [2.24, 2.45) is 0 Å². The van der Waals surface area contributed by atoms with Crippen LogP contribution in [0.4, 0.5) is 0 Å². The summed E-state index contributed by atoms with van der Waals surface area (Å²) in [5.74, 6) is 0. The lowest BCUT2D eigenvalue weighted by atomic mass is 10.0. The monoisotopic (exact) mass is 266 g/mol. The van der Waals surface area contributed by atoms with E-state index in [9.17, 15) is 8.42 Å². The lowest BCUT2D eigenvalue weighted by Crippen LogP contribution is -2.19. The molecular formula is C11H26O3SSi. The largest absolute Gasteiger partial charge is 0.322 e. The third-order valence-corrected chi connectivity index (χ3v) is 5.94. The van der Waals surface area contributed by atoms with Crippen LogP contribution in [-0.2, 0) is 14.0 Å². The molecule has 0 aliphatic rings. The predicted octanol–water partition coefficient (Wildman–Crippen LogP) is 2.61. The van der Waals surface area contributed by atoms with Gasteiger partial charge in [-0.3, -0.25) is 0 Å². The molecule has 0 heterocycles. The van der Waals surface area contributed by atoms with Gasteiger partial charge in [0.15, 0.2) is 9.76 Å². The van der Waals surface area contributed by atoms with Crippen molar-refractivity contribution in [2.75, 3.05) is 6.26 Å². The van der Waals surface area contributed by atoms with Gasteiger partial charge >= 0.3 is 0 Å². The van der Waals surface area contributed by atoms with Crippen LogP contribution in [0.15, 0.2) is 0 Å². The standard InChI is InChI=1S/C11H26O3SSi/c1-5-6-7-8-9-10-11(2,3)16-14-15(4,12)13/h5-10,16H2,1-4H3. The van der Waals surface area contributed by atoms with E-state index in [1.165, 1.54) is 32.1 Å². The van der Waals surface area contributed by atoms with Crippen molar-refractivity contribution in [3.63, 3.8) is 0 Å². The first-order chi connectivity index (χ1) is 7.27. The van der Waals surface area contributed by atoms with Gasteiger partial charge < -0.3 is 3.87 Å². The molecule has 0 radical (unpaired) electrons. The fourth-order valence-electron chi connectivity index (χ4n) is 1.55. The van der Waals surface area contributed by atoms with Crippen molar-refractivity contribution < 1.29 is 12.3 Å². The molecule has 0 bridgehead atoms. The Morgan fingerprint density at radius 3 is 2.19 bits per heavy atom. The van der Waals surface area contributed by atoms with Crippen LogP contribution in [0.3, 0.4) is 0 Å². The van der Waals surface area contributed by atoms with E-state index in [2.05, 4.69) is 20.8 Å². The maximum atomic E-state index is 10.9. The van der Waals surface area contributed by atoms with Gasteiger partial charge in [-0.1, -0.05) is 52.9 Å². The van der Waals surface area contributed by atoms with Crippen molar-refractivity contribution in [3.05, 3.63) is 0 Å². The zero-order valence-corrected chi connectivity index (χ0v) is 13.3. The fraction of sp³-hybridized carbons (Fsp3) is 1.00. The molecule has 0 spiro atoms. The number of hydrogen-bond acceptors (Lipinski definition) is 3. The van der Waals surface area contributed by atoms with Crippen LogP contribution in [0.1, 0.15) is 59.3 Å². The Bertz CT molecular complexity index is 273. The Kier molecular flexibility index (Phi) is 7.51. The van der Waals surface area contributed by atoms with Gasteiger partial charge in [0, 0.05) is 0 Å². The normalized spacial score (nSPS) is 13.8. The Hall–Kier alpha value is 0.127. The molecule has 16 heavy (non-hydrogen) atoms. The molecule has 0 atom stereocenters. The van der Waals surface area contributed by atoms with Gasteiger partial charge in [-0.25, -0.2) is 8.42 Å². The lowest BCUT2D eigenvalue weighted by Gasteiger charge is -2.22. The third-order valence-electron chi connectivity index (χ3n) is 2.62. The van der Waals surface area contributed by atoms with Crippen molar-refractivity contribution in [1.29, 1.82) is 0 Å².